The molecule has 0 bridgehead atoms. The smallest absolute Gasteiger partial charge is 0.267 e. The molecule has 0 spiro atoms. The van der Waals surface area contributed by atoms with Crippen molar-refractivity contribution in [1.29, 1.82) is 0 Å². The molecule has 0 aromatic heterocycles. The molecule has 4 rings (SSSR count). The van der Waals surface area contributed by atoms with Crippen molar-refractivity contribution in [1.82, 2.24) is 15.2 Å². The normalized spacial score (nSPS) is 18.9. The monoisotopic (exact) mass is 441 g/mol. The fourth-order valence-corrected chi connectivity index (χ4v) is 6.08. The highest BCUT2D eigenvalue weighted by Gasteiger charge is 2.31. The molecule has 0 radical (unpaired) electrons. The Bertz CT molecular complexity index is 1110. The lowest BCUT2D eigenvalue weighted by Crippen LogP contribution is -2.42. The van der Waals surface area contributed by atoms with E-state index in [9.17, 15) is 18.0 Å². The van der Waals surface area contributed by atoms with Crippen LogP contribution in [0, 0.1) is 0 Å². The summed E-state index contributed by atoms with van der Waals surface area (Å²) in [4.78, 5) is 25.1. The topological polar surface area (TPSA) is 95.6 Å². The predicted octanol–water partition coefficient (Wildman–Crippen LogP) is 2.81. The second kappa shape index (κ2) is 8.80. The maximum absolute atomic E-state index is 13.0. The highest BCUT2D eigenvalue weighted by atomic mass is 32.2. The van der Waals surface area contributed by atoms with E-state index >= 15 is 0 Å². The van der Waals surface area contributed by atoms with E-state index in [1.165, 1.54) is 33.6 Å². The molecule has 2 aromatic rings. The Labute approximate surface area is 182 Å². The number of hydrazine groups is 1. The van der Waals surface area contributed by atoms with Gasteiger partial charge in [0.05, 0.1) is 4.90 Å². The number of benzene rings is 2. The summed E-state index contributed by atoms with van der Waals surface area (Å²) in [5.41, 5.74) is 7.89. The van der Waals surface area contributed by atoms with Gasteiger partial charge in [-0.25, -0.2) is 8.42 Å². The van der Waals surface area contributed by atoms with E-state index in [1.54, 1.807) is 12.1 Å². The summed E-state index contributed by atoms with van der Waals surface area (Å²) in [5, 5.41) is 0. The van der Waals surface area contributed by atoms with E-state index in [4.69, 9.17) is 0 Å². The molecule has 2 aliphatic rings. The quantitative estimate of drug-likeness (QED) is 0.713. The van der Waals surface area contributed by atoms with Crippen molar-refractivity contribution in [2.45, 2.75) is 56.4 Å². The number of nitrogens with one attached hydrogen (secondary N) is 2. The number of sulfonamides is 1. The van der Waals surface area contributed by atoms with Crippen LogP contribution in [0.4, 0.5) is 0 Å². The van der Waals surface area contributed by atoms with Gasteiger partial charge in [0.2, 0.25) is 10.0 Å². The largest absolute Gasteiger partial charge is 0.269 e. The Kier molecular flexibility index (Phi) is 6.11. The molecule has 1 heterocycles. The molecule has 164 valence electrons. The highest BCUT2D eigenvalue weighted by Crippen LogP contribution is 2.26. The van der Waals surface area contributed by atoms with E-state index in [1.807, 2.05) is 19.1 Å². The van der Waals surface area contributed by atoms with Gasteiger partial charge >= 0.3 is 0 Å². The Morgan fingerprint density at radius 3 is 2.35 bits per heavy atom. The van der Waals surface area contributed by atoms with E-state index < -0.39 is 21.8 Å². The minimum absolute atomic E-state index is 0.0668. The molecule has 1 saturated heterocycles. The second-order valence-electron chi connectivity index (χ2n) is 8.23. The summed E-state index contributed by atoms with van der Waals surface area (Å²) in [6, 6.07) is 11.4. The number of aryl methyl sites for hydroxylation is 2. The van der Waals surface area contributed by atoms with Crippen LogP contribution in [0.3, 0.4) is 0 Å². The van der Waals surface area contributed by atoms with Crippen LogP contribution >= 0.6 is 0 Å². The summed E-state index contributed by atoms with van der Waals surface area (Å²) < 4.78 is 27.6. The van der Waals surface area contributed by atoms with Crippen LogP contribution in [0.25, 0.3) is 0 Å². The molecule has 7 nitrogen and oxygen atoms in total. The first-order valence-electron chi connectivity index (χ1n) is 10.7. The van der Waals surface area contributed by atoms with Crippen LogP contribution in [-0.4, -0.2) is 37.1 Å². The number of carbonyl (C=O) groups is 2. The third-order valence-electron chi connectivity index (χ3n) is 6.10. The summed E-state index contributed by atoms with van der Waals surface area (Å²) in [6.45, 7) is 2.39. The lowest BCUT2D eigenvalue weighted by atomic mass is 10.1. The molecule has 2 aromatic carbocycles. The minimum atomic E-state index is -3.68. The van der Waals surface area contributed by atoms with Gasteiger partial charge in [0.15, 0.2) is 0 Å². The first kappa shape index (κ1) is 21.5. The Morgan fingerprint density at radius 2 is 1.61 bits per heavy atom. The van der Waals surface area contributed by atoms with Crippen LogP contribution in [0.15, 0.2) is 47.4 Å². The number of hydrogen-bond donors (Lipinski definition) is 2. The number of rotatable bonds is 4. The predicted molar refractivity (Wildman–Crippen MR) is 117 cm³/mol. The summed E-state index contributed by atoms with van der Waals surface area (Å²) in [6.07, 6.45) is 5.75. The van der Waals surface area contributed by atoms with Crippen molar-refractivity contribution in [3.8, 4) is 0 Å². The number of amides is 2. The maximum Gasteiger partial charge on any atom is 0.269 e. The van der Waals surface area contributed by atoms with Crippen LogP contribution in [0.2, 0.25) is 0 Å². The molecule has 1 atom stereocenters. The zero-order valence-electron chi connectivity index (χ0n) is 17.6. The number of carbonyl (C=O) groups excluding carboxylic acids is 2. The van der Waals surface area contributed by atoms with Crippen molar-refractivity contribution >= 4 is 21.8 Å². The van der Waals surface area contributed by atoms with Crippen LogP contribution in [0.5, 0.6) is 0 Å². The molecule has 1 aliphatic heterocycles. The first-order valence-corrected chi connectivity index (χ1v) is 12.1. The fraction of sp³-hybridized carbons (Fsp3) is 0.391. The summed E-state index contributed by atoms with van der Waals surface area (Å²) in [7, 11) is -3.68. The van der Waals surface area contributed by atoms with Crippen molar-refractivity contribution < 1.29 is 18.0 Å². The average Bonchev–Trinajstić information content (AvgIpc) is 3.25. The van der Waals surface area contributed by atoms with Gasteiger partial charge in [-0.05, 0) is 80.5 Å². The molecule has 0 unspecified atom stereocenters. The molecule has 0 saturated carbocycles. The number of piperidine rings is 1. The number of nitrogens with zero attached hydrogens (tertiary/aromatic N) is 1. The molecular formula is C23H27N3O4S. The van der Waals surface area contributed by atoms with E-state index in [0.29, 0.717) is 12.1 Å². The van der Waals surface area contributed by atoms with Crippen molar-refractivity contribution in [2.24, 2.45) is 0 Å². The third-order valence-corrected chi connectivity index (χ3v) is 8.10. The van der Waals surface area contributed by atoms with Crippen LogP contribution < -0.4 is 10.9 Å². The molecule has 8 heteroatoms. The van der Waals surface area contributed by atoms with Crippen molar-refractivity contribution in [3.63, 3.8) is 0 Å². The number of hydrogen-bond acceptors (Lipinski definition) is 4. The molecular weight excluding hydrogens is 414 g/mol. The third kappa shape index (κ3) is 4.50. The van der Waals surface area contributed by atoms with Crippen molar-refractivity contribution in [3.05, 3.63) is 64.7 Å². The first-order chi connectivity index (χ1) is 14.9. The summed E-state index contributed by atoms with van der Waals surface area (Å²) >= 11 is 0. The summed E-state index contributed by atoms with van der Waals surface area (Å²) in [5.74, 6) is -0.979. The average molecular weight is 442 g/mol. The van der Waals surface area contributed by atoms with Gasteiger partial charge in [-0.1, -0.05) is 18.6 Å². The van der Waals surface area contributed by atoms with Gasteiger partial charge in [-0.3, -0.25) is 20.4 Å². The Hall–Kier alpha value is -2.71. The van der Waals surface area contributed by atoms with E-state index in [-0.39, 0.29) is 16.5 Å². The standard InChI is InChI=1S/C23H27N3O4S/c1-16-6-2-3-13-26(16)31(29,30)21-10-5-9-19(15-21)22(27)24-25-23(28)20-12-11-17-7-4-8-18(17)14-20/h5,9-12,14-16H,2-4,6-8,13H2,1H3,(H,24,27)(H,25,28)/t16-/m0/s1. The molecule has 2 amide bonds. The Morgan fingerprint density at radius 1 is 0.903 bits per heavy atom. The maximum atomic E-state index is 13.0. The lowest BCUT2D eigenvalue weighted by molar-refractivity contribution is 0.0846. The van der Waals surface area contributed by atoms with Crippen LogP contribution in [0.1, 0.15) is 64.4 Å². The second-order valence-corrected chi connectivity index (χ2v) is 10.1. The Balaban J connectivity index is 1.44. The molecule has 1 fully saturated rings. The zero-order chi connectivity index (χ0) is 22.0. The zero-order valence-corrected chi connectivity index (χ0v) is 18.4. The van der Waals surface area contributed by atoms with Gasteiger partial charge in [-0.15, -0.1) is 0 Å². The van der Waals surface area contributed by atoms with Gasteiger partial charge in [0.25, 0.3) is 11.8 Å². The van der Waals surface area contributed by atoms with E-state index in [2.05, 4.69) is 10.9 Å². The molecule has 2 N–H and O–H groups in total. The van der Waals surface area contributed by atoms with Gasteiger partial charge in [0.1, 0.15) is 0 Å². The van der Waals surface area contributed by atoms with Crippen molar-refractivity contribution in [2.75, 3.05) is 6.54 Å². The van der Waals surface area contributed by atoms with Gasteiger partial charge < -0.3 is 0 Å². The minimum Gasteiger partial charge on any atom is -0.267 e. The number of fused-ring (bicyclic) bond motifs is 1. The molecule has 1 aliphatic carbocycles. The fourth-order valence-electron chi connectivity index (χ4n) is 4.33. The highest BCUT2D eigenvalue weighted by molar-refractivity contribution is 7.89. The molecule has 31 heavy (non-hydrogen) atoms. The van der Waals surface area contributed by atoms with E-state index in [0.717, 1.165) is 38.5 Å². The van der Waals surface area contributed by atoms with Gasteiger partial charge in [-0.2, -0.15) is 4.31 Å². The van der Waals surface area contributed by atoms with Gasteiger partial charge in [0, 0.05) is 23.7 Å². The van der Waals surface area contributed by atoms with Crippen LogP contribution in [-0.2, 0) is 22.9 Å². The lowest BCUT2D eigenvalue weighted by Gasteiger charge is -2.32. The SMILES string of the molecule is C[C@H]1CCCCN1S(=O)(=O)c1cccc(C(=O)NNC(=O)c2ccc3c(c2)CCC3)c1.